The van der Waals surface area contributed by atoms with Crippen LogP contribution in [0.2, 0.25) is 0 Å². The first-order chi connectivity index (χ1) is 15.9. The number of fused-ring (bicyclic) bond motifs is 1. The molecule has 178 valence electrons. The molecule has 0 spiro atoms. The molecule has 4 rings (SSSR count). The normalized spacial score (nSPS) is 15.2. The second-order valence-corrected chi connectivity index (χ2v) is 9.80. The van der Waals surface area contributed by atoms with Crippen molar-refractivity contribution in [2.45, 2.75) is 26.7 Å². The number of H-pyrrole nitrogens is 1. The van der Waals surface area contributed by atoms with Gasteiger partial charge < -0.3 is 20.4 Å². The minimum absolute atomic E-state index is 0. The molecular formula is C24H34N6O2S. The average Bonchev–Trinajstić information content (AvgIpc) is 3.37. The van der Waals surface area contributed by atoms with Crippen LogP contribution < -0.4 is 5.73 Å². The Labute approximate surface area is 199 Å². The molecule has 1 saturated heterocycles. The molecule has 3 N–H and O–H groups in total. The Morgan fingerprint density at radius 3 is 2.85 bits per heavy atom. The number of aromatic nitrogens is 2. The number of nitrogens with one attached hydrogen (secondary N) is 1. The van der Waals surface area contributed by atoms with Crippen molar-refractivity contribution in [1.82, 2.24) is 19.8 Å². The summed E-state index contributed by atoms with van der Waals surface area (Å²) in [6.07, 6.45) is 3.08. The molecule has 1 fully saturated rings. The number of nitrogens with two attached hydrogens (primary N) is 1. The molecule has 1 aliphatic heterocycles. The molecule has 8 nitrogen and oxygen atoms in total. The van der Waals surface area contributed by atoms with Gasteiger partial charge in [-0.15, -0.1) is 11.3 Å². The Bertz CT molecular complexity index is 1170. The molecule has 0 unspecified atom stereocenters. The highest BCUT2D eigenvalue weighted by molar-refractivity contribution is 7.21. The summed E-state index contributed by atoms with van der Waals surface area (Å²) < 4.78 is 6.54. The standard InChI is InChI=1S/C24H32N6O2S.H2/c1-15(2)20-21(17-11-16(3)23(26-13-17)27-14-25)28-18-12-19(33-22(18)20)24(31)29(4)5-6-30-7-9-32-10-8-30;/h11-15,28H,5-10H2,1-4H3,(H2,25,26,27);1H. The molecule has 3 aromatic heterocycles. The third kappa shape index (κ3) is 4.95. The van der Waals surface area contributed by atoms with Gasteiger partial charge >= 0.3 is 0 Å². The molecule has 0 aromatic carbocycles. The van der Waals surface area contributed by atoms with E-state index in [9.17, 15) is 4.79 Å². The average molecular weight is 471 g/mol. The van der Waals surface area contributed by atoms with Crippen molar-refractivity contribution in [3.05, 3.63) is 34.3 Å². The van der Waals surface area contributed by atoms with Crippen LogP contribution in [0.5, 0.6) is 0 Å². The molecular weight excluding hydrogens is 436 g/mol. The lowest BCUT2D eigenvalue weighted by molar-refractivity contribution is 0.0339. The lowest BCUT2D eigenvalue weighted by atomic mass is 9.99. The number of morpholine rings is 1. The Balaban J connectivity index is 0.00000324. The molecule has 3 aromatic rings. The Hall–Kier alpha value is -2.75. The quantitative estimate of drug-likeness (QED) is 0.402. The van der Waals surface area contributed by atoms with Crippen molar-refractivity contribution in [3.63, 3.8) is 0 Å². The maximum atomic E-state index is 13.1. The summed E-state index contributed by atoms with van der Waals surface area (Å²) in [4.78, 5) is 30.2. The fourth-order valence-corrected chi connectivity index (χ4v) is 5.51. The molecule has 0 radical (unpaired) electrons. The van der Waals surface area contributed by atoms with E-state index < -0.39 is 0 Å². The first-order valence-corrected chi connectivity index (χ1v) is 12.1. The third-order valence-corrected chi connectivity index (χ3v) is 7.19. The summed E-state index contributed by atoms with van der Waals surface area (Å²) in [7, 11) is 1.88. The highest BCUT2D eigenvalue weighted by Gasteiger charge is 2.23. The minimum atomic E-state index is 0. The second-order valence-electron chi connectivity index (χ2n) is 8.75. The number of hydrogen-bond donors (Lipinski definition) is 2. The van der Waals surface area contributed by atoms with E-state index in [1.165, 1.54) is 11.9 Å². The topological polar surface area (TPSA) is 99.8 Å². The zero-order chi connectivity index (χ0) is 23.5. The Morgan fingerprint density at radius 1 is 1.42 bits per heavy atom. The number of thiophene rings is 1. The highest BCUT2D eigenvalue weighted by Crippen LogP contribution is 2.40. The van der Waals surface area contributed by atoms with Crippen LogP contribution in [0.4, 0.5) is 5.82 Å². The number of hydrogen-bond acceptors (Lipinski definition) is 6. The monoisotopic (exact) mass is 470 g/mol. The van der Waals surface area contributed by atoms with Crippen LogP contribution in [-0.2, 0) is 4.74 Å². The van der Waals surface area contributed by atoms with Crippen LogP contribution in [0.1, 0.15) is 42.0 Å². The van der Waals surface area contributed by atoms with Crippen LogP contribution in [-0.4, -0.2) is 78.5 Å². The first kappa shape index (κ1) is 23.4. The van der Waals surface area contributed by atoms with Crippen molar-refractivity contribution in [2.75, 3.05) is 46.4 Å². The summed E-state index contributed by atoms with van der Waals surface area (Å²) >= 11 is 1.56. The number of aromatic amines is 1. The SMILES string of the molecule is Cc1cc(-c2[nH]c3cc(C(=O)N(C)CCN4CCOCC4)sc3c2C(C)C)cnc1N=CN.[HH]. The number of pyridine rings is 1. The van der Waals surface area contributed by atoms with Gasteiger partial charge in [-0.25, -0.2) is 9.98 Å². The zero-order valence-electron chi connectivity index (χ0n) is 19.7. The second kappa shape index (κ2) is 10.0. The van der Waals surface area contributed by atoms with Gasteiger partial charge in [0.2, 0.25) is 0 Å². The summed E-state index contributed by atoms with van der Waals surface area (Å²) in [5, 5.41) is 0. The van der Waals surface area contributed by atoms with Gasteiger partial charge in [-0.2, -0.15) is 0 Å². The smallest absolute Gasteiger partial charge is 0.263 e. The zero-order valence-corrected chi connectivity index (χ0v) is 20.5. The molecule has 0 saturated carbocycles. The Morgan fingerprint density at radius 2 is 2.18 bits per heavy atom. The molecule has 33 heavy (non-hydrogen) atoms. The van der Waals surface area contributed by atoms with Crippen molar-refractivity contribution < 1.29 is 11.0 Å². The fraction of sp³-hybridized carbons (Fsp3) is 0.458. The van der Waals surface area contributed by atoms with Gasteiger partial charge in [-0.3, -0.25) is 9.69 Å². The number of rotatable bonds is 7. The lowest BCUT2D eigenvalue weighted by Gasteiger charge is -2.28. The molecule has 0 bridgehead atoms. The number of aryl methyl sites for hydroxylation is 1. The molecule has 4 heterocycles. The predicted molar refractivity (Wildman–Crippen MR) is 137 cm³/mol. The summed E-state index contributed by atoms with van der Waals surface area (Å²) in [6, 6.07) is 4.05. The maximum absolute atomic E-state index is 13.1. The third-order valence-electron chi connectivity index (χ3n) is 6.03. The highest BCUT2D eigenvalue weighted by atomic mass is 32.1. The predicted octanol–water partition coefficient (Wildman–Crippen LogP) is 3.99. The molecule has 1 amide bonds. The van der Waals surface area contributed by atoms with Crippen LogP contribution in [0.25, 0.3) is 21.5 Å². The van der Waals surface area contributed by atoms with Gasteiger partial charge in [0, 0.05) is 46.4 Å². The molecule has 9 heteroatoms. The first-order valence-electron chi connectivity index (χ1n) is 11.3. The summed E-state index contributed by atoms with van der Waals surface area (Å²) in [5.41, 5.74) is 10.6. The molecule has 0 atom stereocenters. The van der Waals surface area contributed by atoms with Gasteiger partial charge in [-0.05, 0) is 36.1 Å². The van der Waals surface area contributed by atoms with E-state index in [1.807, 2.05) is 31.1 Å². The van der Waals surface area contributed by atoms with Crippen molar-refractivity contribution >= 4 is 39.6 Å². The fourth-order valence-electron chi connectivity index (χ4n) is 4.20. The number of nitrogens with zero attached hydrogens (tertiary/aromatic N) is 4. The minimum Gasteiger partial charge on any atom is -0.390 e. The van der Waals surface area contributed by atoms with Crippen LogP contribution >= 0.6 is 11.3 Å². The van der Waals surface area contributed by atoms with E-state index in [1.54, 1.807) is 11.3 Å². The van der Waals surface area contributed by atoms with Gasteiger partial charge in [0.25, 0.3) is 5.91 Å². The van der Waals surface area contributed by atoms with E-state index in [4.69, 9.17) is 10.5 Å². The van der Waals surface area contributed by atoms with E-state index in [2.05, 4.69) is 39.8 Å². The van der Waals surface area contributed by atoms with Gasteiger partial charge in [-0.1, -0.05) is 13.8 Å². The van der Waals surface area contributed by atoms with E-state index >= 15 is 0 Å². The van der Waals surface area contributed by atoms with Gasteiger partial charge in [0.15, 0.2) is 5.82 Å². The van der Waals surface area contributed by atoms with Crippen LogP contribution in [0.3, 0.4) is 0 Å². The summed E-state index contributed by atoms with van der Waals surface area (Å²) in [5.74, 6) is 0.973. The largest absolute Gasteiger partial charge is 0.390 e. The number of likely N-dealkylation sites (N-methyl/N-ethyl adjacent to an activating group) is 1. The van der Waals surface area contributed by atoms with Crippen molar-refractivity contribution in [1.29, 1.82) is 0 Å². The van der Waals surface area contributed by atoms with Crippen LogP contribution in [0, 0.1) is 6.92 Å². The number of aliphatic imine (C=N–C) groups is 1. The number of amides is 1. The van der Waals surface area contributed by atoms with E-state index in [0.29, 0.717) is 12.4 Å². The number of ether oxygens (including phenoxy) is 1. The Kier molecular flexibility index (Phi) is 7.11. The van der Waals surface area contributed by atoms with Gasteiger partial charge in [0.1, 0.15) is 0 Å². The summed E-state index contributed by atoms with van der Waals surface area (Å²) in [6.45, 7) is 11.3. The van der Waals surface area contributed by atoms with E-state index in [0.717, 1.165) is 64.8 Å². The maximum Gasteiger partial charge on any atom is 0.263 e. The number of carbonyl (C=O) groups is 1. The molecule has 0 aliphatic carbocycles. The van der Waals surface area contributed by atoms with Crippen molar-refractivity contribution in [3.8, 4) is 11.3 Å². The van der Waals surface area contributed by atoms with Gasteiger partial charge in [0.05, 0.1) is 40.3 Å². The van der Waals surface area contributed by atoms with Crippen LogP contribution in [0.15, 0.2) is 23.3 Å². The number of carbonyl (C=O) groups excluding carboxylic acids is 1. The van der Waals surface area contributed by atoms with E-state index in [-0.39, 0.29) is 13.3 Å². The lowest BCUT2D eigenvalue weighted by Crippen LogP contribution is -2.41. The molecule has 1 aliphatic rings. The van der Waals surface area contributed by atoms with Crippen molar-refractivity contribution in [2.24, 2.45) is 10.7 Å².